The van der Waals surface area contributed by atoms with E-state index in [1.54, 1.807) is 0 Å². The van der Waals surface area contributed by atoms with Crippen LogP contribution in [0, 0.1) is 25.7 Å². The quantitative estimate of drug-likeness (QED) is 0.305. The third-order valence-corrected chi connectivity index (χ3v) is 5.33. The van der Waals surface area contributed by atoms with Crippen molar-refractivity contribution in [3.05, 3.63) is 113 Å². The first-order valence-corrected chi connectivity index (χ1v) is 9.88. The number of hydrogen-bond donors (Lipinski definition) is 0. The van der Waals surface area contributed by atoms with Gasteiger partial charge in [0.05, 0.1) is 0 Å². The summed E-state index contributed by atoms with van der Waals surface area (Å²) in [6.45, 7) is 4.36. The van der Waals surface area contributed by atoms with Crippen LogP contribution in [0.15, 0.2) is 91.0 Å². The van der Waals surface area contributed by atoms with Gasteiger partial charge in [-0.3, -0.25) is 0 Å². The average molecular weight is 375 g/mol. The Morgan fingerprint density at radius 1 is 0.552 bits per heavy atom. The van der Waals surface area contributed by atoms with Gasteiger partial charge in [-0.15, -0.1) is 0 Å². The third kappa shape index (κ3) is 3.71. The van der Waals surface area contributed by atoms with Crippen molar-refractivity contribution in [1.82, 2.24) is 0 Å². The number of benzene rings is 3. The molecular weight excluding hydrogens is 350 g/mol. The van der Waals surface area contributed by atoms with Crippen LogP contribution >= 0.6 is 0 Å². The molecule has 0 saturated carbocycles. The molecule has 0 aliphatic carbocycles. The van der Waals surface area contributed by atoms with Gasteiger partial charge in [0.15, 0.2) is 0 Å². The Labute approximate surface area is 173 Å². The smallest absolute Gasteiger partial charge is 0.194 e. The van der Waals surface area contributed by atoms with Gasteiger partial charge in [0.2, 0.25) is 11.4 Å². The normalized spacial score (nSPS) is 10.3. The van der Waals surface area contributed by atoms with Crippen molar-refractivity contribution in [2.45, 2.75) is 13.8 Å². The average Bonchev–Trinajstić information content (AvgIpc) is 2.76. The number of aromatic nitrogens is 1. The second-order valence-electron chi connectivity index (χ2n) is 7.23. The van der Waals surface area contributed by atoms with Crippen LogP contribution in [-0.4, -0.2) is 0 Å². The molecule has 1 heteroatoms. The molecule has 0 radical (unpaired) electrons. The standard InChI is InChI=1S/C28H24N/c1-21-26(20-19-23-13-7-4-8-14-23)22(2)28(25-17-11-6-12-18-25)29(3)27(21)24-15-9-5-10-16-24/h4-18H,1-3H3/q+1. The van der Waals surface area contributed by atoms with Gasteiger partial charge in [-0.2, -0.15) is 4.57 Å². The van der Waals surface area contributed by atoms with Crippen molar-refractivity contribution in [1.29, 1.82) is 0 Å². The van der Waals surface area contributed by atoms with E-state index in [1.165, 1.54) is 33.6 Å². The predicted molar refractivity (Wildman–Crippen MR) is 120 cm³/mol. The summed E-state index contributed by atoms with van der Waals surface area (Å²) in [6.07, 6.45) is 0. The fourth-order valence-electron chi connectivity index (χ4n) is 3.99. The molecular formula is C28H24N+. The first-order valence-electron chi connectivity index (χ1n) is 9.88. The SMILES string of the molecule is Cc1c(C#Cc2ccccc2)c(C)c(-c2ccccc2)[n+](C)c1-c1ccccc1. The fraction of sp³-hybridized carbons (Fsp3) is 0.107. The maximum Gasteiger partial charge on any atom is 0.216 e. The lowest BCUT2D eigenvalue weighted by molar-refractivity contribution is -0.649. The lowest BCUT2D eigenvalue weighted by Crippen LogP contribution is -2.36. The van der Waals surface area contributed by atoms with Crippen LogP contribution in [0.3, 0.4) is 0 Å². The zero-order valence-electron chi connectivity index (χ0n) is 17.1. The minimum absolute atomic E-state index is 1.03. The molecule has 0 saturated heterocycles. The van der Waals surface area contributed by atoms with E-state index >= 15 is 0 Å². The number of nitrogens with zero attached hydrogens (tertiary/aromatic N) is 1. The van der Waals surface area contributed by atoms with E-state index in [4.69, 9.17) is 0 Å². The molecule has 3 aromatic carbocycles. The Kier molecular flexibility index (Phi) is 5.27. The van der Waals surface area contributed by atoms with Gasteiger partial charge in [0, 0.05) is 33.4 Å². The Balaban J connectivity index is 2.02. The summed E-state index contributed by atoms with van der Waals surface area (Å²) in [5, 5.41) is 0. The van der Waals surface area contributed by atoms with Crippen molar-refractivity contribution in [3.8, 4) is 34.4 Å². The zero-order valence-corrected chi connectivity index (χ0v) is 17.1. The molecule has 4 rings (SSSR count). The van der Waals surface area contributed by atoms with E-state index < -0.39 is 0 Å². The monoisotopic (exact) mass is 374 g/mol. The number of hydrogen-bond acceptors (Lipinski definition) is 0. The predicted octanol–water partition coefficient (Wildman–Crippen LogP) is 5.86. The highest BCUT2D eigenvalue weighted by Crippen LogP contribution is 2.30. The highest BCUT2D eigenvalue weighted by atomic mass is 15.0. The van der Waals surface area contributed by atoms with Crippen molar-refractivity contribution in [2.75, 3.05) is 0 Å². The van der Waals surface area contributed by atoms with Gasteiger partial charge in [-0.25, -0.2) is 0 Å². The molecule has 0 aliphatic rings. The van der Waals surface area contributed by atoms with Gasteiger partial charge in [-0.1, -0.05) is 66.4 Å². The van der Waals surface area contributed by atoms with Crippen molar-refractivity contribution < 1.29 is 4.57 Å². The van der Waals surface area contributed by atoms with Crippen LogP contribution in [0.4, 0.5) is 0 Å². The second kappa shape index (κ2) is 8.17. The lowest BCUT2D eigenvalue weighted by Gasteiger charge is -2.14. The summed E-state index contributed by atoms with van der Waals surface area (Å²) in [4.78, 5) is 0. The molecule has 0 bridgehead atoms. The molecule has 29 heavy (non-hydrogen) atoms. The summed E-state index contributed by atoms with van der Waals surface area (Å²) in [6, 6.07) is 31.3. The molecule has 0 amide bonds. The highest BCUT2D eigenvalue weighted by molar-refractivity contribution is 5.71. The first kappa shape index (κ1) is 18.7. The number of rotatable bonds is 2. The van der Waals surface area contributed by atoms with E-state index in [0.717, 1.165) is 11.1 Å². The molecule has 0 aliphatic heterocycles. The van der Waals surface area contributed by atoms with Crippen LogP contribution in [0.2, 0.25) is 0 Å². The fourth-order valence-corrected chi connectivity index (χ4v) is 3.99. The van der Waals surface area contributed by atoms with Gasteiger partial charge in [0.1, 0.15) is 7.05 Å². The topological polar surface area (TPSA) is 3.88 Å². The van der Waals surface area contributed by atoms with Crippen LogP contribution < -0.4 is 4.57 Å². The molecule has 4 aromatic rings. The Hall–Kier alpha value is -3.63. The van der Waals surface area contributed by atoms with Gasteiger partial charge in [0.25, 0.3) is 0 Å². The highest BCUT2D eigenvalue weighted by Gasteiger charge is 2.25. The minimum Gasteiger partial charge on any atom is -0.194 e. The Morgan fingerprint density at radius 2 is 0.966 bits per heavy atom. The van der Waals surface area contributed by atoms with Crippen molar-refractivity contribution in [2.24, 2.45) is 7.05 Å². The first-order chi connectivity index (χ1) is 14.2. The van der Waals surface area contributed by atoms with Crippen LogP contribution in [-0.2, 0) is 7.05 Å². The Bertz CT molecular complexity index is 1130. The van der Waals surface area contributed by atoms with Crippen LogP contribution in [0.1, 0.15) is 22.3 Å². The zero-order chi connectivity index (χ0) is 20.2. The van der Waals surface area contributed by atoms with E-state index in [0.29, 0.717) is 0 Å². The van der Waals surface area contributed by atoms with Crippen LogP contribution in [0.25, 0.3) is 22.5 Å². The summed E-state index contributed by atoms with van der Waals surface area (Å²) >= 11 is 0. The van der Waals surface area contributed by atoms with E-state index in [-0.39, 0.29) is 0 Å². The molecule has 0 atom stereocenters. The maximum atomic E-state index is 3.48. The molecule has 1 nitrogen and oxygen atoms in total. The van der Waals surface area contributed by atoms with E-state index in [9.17, 15) is 0 Å². The van der Waals surface area contributed by atoms with Crippen LogP contribution in [0.5, 0.6) is 0 Å². The largest absolute Gasteiger partial charge is 0.216 e. The van der Waals surface area contributed by atoms with Gasteiger partial charge < -0.3 is 0 Å². The van der Waals surface area contributed by atoms with Crippen molar-refractivity contribution >= 4 is 0 Å². The van der Waals surface area contributed by atoms with Crippen molar-refractivity contribution in [3.63, 3.8) is 0 Å². The number of pyridine rings is 1. The molecule has 0 N–H and O–H groups in total. The Morgan fingerprint density at radius 3 is 1.41 bits per heavy atom. The van der Waals surface area contributed by atoms with E-state index in [1.807, 2.05) is 18.2 Å². The molecule has 0 fully saturated rings. The second-order valence-corrected chi connectivity index (χ2v) is 7.23. The molecule has 1 aromatic heterocycles. The van der Waals surface area contributed by atoms with Gasteiger partial charge in [-0.05, 0) is 50.2 Å². The summed E-state index contributed by atoms with van der Waals surface area (Å²) in [7, 11) is 2.15. The molecule has 0 unspecified atom stereocenters. The molecule has 0 spiro atoms. The third-order valence-electron chi connectivity index (χ3n) is 5.33. The summed E-state index contributed by atoms with van der Waals surface area (Å²) < 4.78 is 2.31. The molecule has 140 valence electrons. The summed E-state index contributed by atoms with van der Waals surface area (Å²) in [5.41, 5.74) is 9.35. The molecule has 1 heterocycles. The minimum atomic E-state index is 1.03. The maximum absolute atomic E-state index is 3.48. The van der Waals surface area contributed by atoms with Gasteiger partial charge >= 0.3 is 0 Å². The lowest BCUT2D eigenvalue weighted by atomic mass is 9.93. The summed E-state index contributed by atoms with van der Waals surface area (Å²) in [5.74, 6) is 6.84. The van der Waals surface area contributed by atoms with E-state index in [2.05, 4.69) is 110 Å².